The Morgan fingerprint density at radius 1 is 1.20 bits per heavy atom. The highest BCUT2D eigenvalue weighted by Gasteiger charge is 2.02. The van der Waals surface area contributed by atoms with Crippen molar-refractivity contribution < 1.29 is 4.74 Å². The van der Waals surface area contributed by atoms with Crippen LogP contribution in [0, 0.1) is 0 Å². The van der Waals surface area contributed by atoms with E-state index in [4.69, 9.17) is 4.74 Å². The van der Waals surface area contributed by atoms with Gasteiger partial charge in [0.25, 0.3) is 0 Å². The van der Waals surface area contributed by atoms with Crippen LogP contribution in [0.2, 0.25) is 0 Å². The van der Waals surface area contributed by atoms with Gasteiger partial charge in [-0.1, -0.05) is 35.9 Å². The standard InChI is InChI=1S/C14H16O/c1-12-6-5-9-14(10-12)15-11-13-7-3-2-4-8-13/h2-4,7-10H,5-6,11H2,1H3. The number of allylic oxidation sites excluding steroid dienone is 3. The highest BCUT2D eigenvalue weighted by Crippen LogP contribution is 2.18. The second kappa shape index (κ2) is 4.83. The second-order valence-corrected chi connectivity index (χ2v) is 3.91. The first-order chi connectivity index (χ1) is 7.34. The van der Waals surface area contributed by atoms with Crippen molar-refractivity contribution in [2.24, 2.45) is 0 Å². The smallest absolute Gasteiger partial charge is 0.115 e. The molecule has 0 aliphatic heterocycles. The van der Waals surface area contributed by atoms with Crippen molar-refractivity contribution in [2.75, 3.05) is 0 Å². The van der Waals surface area contributed by atoms with E-state index in [2.05, 4.69) is 31.2 Å². The maximum atomic E-state index is 5.72. The third-order valence-electron chi connectivity index (χ3n) is 2.52. The minimum atomic E-state index is 0.663. The van der Waals surface area contributed by atoms with Crippen molar-refractivity contribution >= 4 is 0 Å². The van der Waals surface area contributed by atoms with E-state index in [1.165, 1.54) is 11.1 Å². The lowest BCUT2D eigenvalue weighted by atomic mass is 10.1. The van der Waals surface area contributed by atoms with Gasteiger partial charge in [0.2, 0.25) is 0 Å². The van der Waals surface area contributed by atoms with Crippen LogP contribution in [0.1, 0.15) is 25.3 Å². The molecule has 78 valence electrons. The summed E-state index contributed by atoms with van der Waals surface area (Å²) in [6, 6.07) is 10.3. The minimum absolute atomic E-state index is 0.663. The molecule has 0 fully saturated rings. The zero-order valence-corrected chi connectivity index (χ0v) is 9.07. The Morgan fingerprint density at radius 3 is 2.73 bits per heavy atom. The second-order valence-electron chi connectivity index (χ2n) is 3.91. The maximum Gasteiger partial charge on any atom is 0.115 e. The van der Waals surface area contributed by atoms with Gasteiger partial charge in [-0.15, -0.1) is 0 Å². The number of ether oxygens (including phenoxy) is 1. The van der Waals surface area contributed by atoms with Gasteiger partial charge in [0, 0.05) is 0 Å². The molecular formula is C14H16O. The number of benzene rings is 1. The van der Waals surface area contributed by atoms with Crippen molar-refractivity contribution in [3.63, 3.8) is 0 Å². The van der Waals surface area contributed by atoms with E-state index in [1.54, 1.807) is 0 Å². The molecule has 0 saturated carbocycles. The van der Waals surface area contributed by atoms with E-state index in [0.717, 1.165) is 18.6 Å². The van der Waals surface area contributed by atoms with Crippen molar-refractivity contribution in [2.45, 2.75) is 26.4 Å². The Labute approximate surface area is 91.1 Å². The van der Waals surface area contributed by atoms with Gasteiger partial charge >= 0.3 is 0 Å². The summed E-state index contributed by atoms with van der Waals surface area (Å²) >= 11 is 0. The predicted molar refractivity (Wildman–Crippen MR) is 62.3 cm³/mol. The summed E-state index contributed by atoms with van der Waals surface area (Å²) in [7, 11) is 0. The fourth-order valence-corrected chi connectivity index (χ4v) is 1.66. The summed E-state index contributed by atoms with van der Waals surface area (Å²) in [6.45, 7) is 2.81. The van der Waals surface area contributed by atoms with Crippen LogP contribution in [0.15, 0.2) is 53.8 Å². The summed E-state index contributed by atoms with van der Waals surface area (Å²) in [5, 5.41) is 0. The van der Waals surface area contributed by atoms with Crippen LogP contribution < -0.4 is 0 Å². The Bertz CT molecular complexity index is 374. The van der Waals surface area contributed by atoms with Gasteiger partial charge in [-0.3, -0.25) is 0 Å². The Morgan fingerprint density at radius 2 is 2.00 bits per heavy atom. The van der Waals surface area contributed by atoms with Crippen molar-refractivity contribution in [1.29, 1.82) is 0 Å². The molecule has 1 aliphatic rings. The molecule has 0 atom stereocenters. The summed E-state index contributed by atoms with van der Waals surface area (Å²) in [4.78, 5) is 0. The van der Waals surface area contributed by atoms with Gasteiger partial charge < -0.3 is 4.74 Å². The lowest BCUT2D eigenvalue weighted by Crippen LogP contribution is -1.96. The summed E-state index contributed by atoms with van der Waals surface area (Å²) in [5.74, 6) is 1.02. The van der Waals surface area contributed by atoms with Crippen LogP contribution in [-0.2, 0) is 11.3 Å². The molecule has 1 aromatic rings. The fourth-order valence-electron chi connectivity index (χ4n) is 1.66. The third kappa shape index (κ3) is 2.98. The van der Waals surface area contributed by atoms with Gasteiger partial charge in [-0.2, -0.15) is 0 Å². The molecule has 0 saturated heterocycles. The highest BCUT2D eigenvalue weighted by molar-refractivity contribution is 5.22. The average molecular weight is 200 g/mol. The molecule has 15 heavy (non-hydrogen) atoms. The number of hydrogen-bond acceptors (Lipinski definition) is 1. The molecule has 0 bridgehead atoms. The molecule has 0 amide bonds. The molecule has 0 aromatic heterocycles. The molecule has 1 nitrogen and oxygen atoms in total. The van der Waals surface area contributed by atoms with Crippen LogP contribution in [0.3, 0.4) is 0 Å². The van der Waals surface area contributed by atoms with Crippen LogP contribution >= 0.6 is 0 Å². The zero-order valence-electron chi connectivity index (χ0n) is 9.07. The lowest BCUT2D eigenvalue weighted by molar-refractivity contribution is 0.208. The largest absolute Gasteiger partial charge is 0.489 e. The Kier molecular flexibility index (Phi) is 3.23. The normalized spacial score (nSPS) is 15.5. The third-order valence-corrected chi connectivity index (χ3v) is 2.52. The molecule has 0 unspecified atom stereocenters. The van der Waals surface area contributed by atoms with E-state index in [9.17, 15) is 0 Å². The van der Waals surface area contributed by atoms with Crippen LogP contribution in [0.4, 0.5) is 0 Å². The SMILES string of the molecule is CC1=CC(OCc2ccccc2)=CCC1. The van der Waals surface area contributed by atoms with Gasteiger partial charge in [-0.25, -0.2) is 0 Å². The van der Waals surface area contributed by atoms with Gasteiger partial charge in [-0.05, 0) is 37.5 Å². The molecule has 0 N–H and O–H groups in total. The molecular weight excluding hydrogens is 184 g/mol. The van der Waals surface area contributed by atoms with E-state index >= 15 is 0 Å². The van der Waals surface area contributed by atoms with E-state index in [-0.39, 0.29) is 0 Å². The lowest BCUT2D eigenvalue weighted by Gasteiger charge is -2.12. The first-order valence-electron chi connectivity index (χ1n) is 5.38. The molecule has 1 aliphatic carbocycles. The van der Waals surface area contributed by atoms with E-state index in [1.807, 2.05) is 18.2 Å². The fraction of sp³-hybridized carbons (Fsp3) is 0.286. The Hall–Kier alpha value is -1.50. The minimum Gasteiger partial charge on any atom is -0.489 e. The summed E-state index contributed by atoms with van der Waals surface area (Å²) in [6.07, 6.45) is 6.56. The molecule has 1 aromatic carbocycles. The van der Waals surface area contributed by atoms with E-state index in [0.29, 0.717) is 6.61 Å². The quantitative estimate of drug-likeness (QED) is 0.720. The van der Waals surface area contributed by atoms with Gasteiger partial charge in [0.1, 0.15) is 12.4 Å². The van der Waals surface area contributed by atoms with Crippen LogP contribution in [-0.4, -0.2) is 0 Å². The summed E-state index contributed by atoms with van der Waals surface area (Å²) in [5.41, 5.74) is 2.62. The molecule has 0 radical (unpaired) electrons. The van der Waals surface area contributed by atoms with Gasteiger partial charge in [0.05, 0.1) is 0 Å². The first kappa shape index (κ1) is 10.0. The average Bonchev–Trinajstić information content (AvgIpc) is 2.28. The van der Waals surface area contributed by atoms with Gasteiger partial charge in [0.15, 0.2) is 0 Å². The van der Waals surface area contributed by atoms with E-state index < -0.39 is 0 Å². The zero-order chi connectivity index (χ0) is 10.5. The topological polar surface area (TPSA) is 9.23 Å². The monoisotopic (exact) mass is 200 g/mol. The van der Waals surface area contributed by atoms with Crippen molar-refractivity contribution in [3.05, 3.63) is 59.4 Å². The summed E-state index contributed by atoms with van der Waals surface area (Å²) < 4.78 is 5.72. The number of hydrogen-bond donors (Lipinski definition) is 0. The van der Waals surface area contributed by atoms with Crippen LogP contribution in [0.25, 0.3) is 0 Å². The van der Waals surface area contributed by atoms with Crippen LogP contribution in [0.5, 0.6) is 0 Å². The van der Waals surface area contributed by atoms with Crippen molar-refractivity contribution in [3.8, 4) is 0 Å². The highest BCUT2D eigenvalue weighted by atomic mass is 16.5. The Balaban J connectivity index is 1.92. The number of rotatable bonds is 3. The predicted octanol–water partition coefficient (Wildman–Crippen LogP) is 3.83. The first-order valence-corrected chi connectivity index (χ1v) is 5.38. The van der Waals surface area contributed by atoms with Crippen molar-refractivity contribution in [1.82, 2.24) is 0 Å². The molecule has 2 rings (SSSR count). The molecule has 1 heteroatoms. The molecule has 0 spiro atoms. The maximum absolute atomic E-state index is 5.72. The molecule has 0 heterocycles.